The molecule has 1 aliphatic heterocycles. The molecule has 0 fully saturated rings. The highest BCUT2D eigenvalue weighted by molar-refractivity contribution is 6.18. The van der Waals surface area contributed by atoms with Crippen molar-refractivity contribution in [3.63, 3.8) is 0 Å². The summed E-state index contributed by atoms with van der Waals surface area (Å²) in [5, 5.41) is 0. The number of benzene rings is 2. The molecule has 0 spiro atoms. The number of amides is 1. The predicted octanol–water partition coefficient (Wildman–Crippen LogP) is 3.74. The summed E-state index contributed by atoms with van der Waals surface area (Å²) >= 11 is 0. The van der Waals surface area contributed by atoms with Crippen LogP contribution in [-0.2, 0) is 17.8 Å². The Morgan fingerprint density at radius 3 is 2.39 bits per heavy atom. The van der Waals surface area contributed by atoms with Gasteiger partial charge in [-0.15, -0.1) is 0 Å². The maximum atomic E-state index is 13.4. The van der Waals surface area contributed by atoms with Crippen molar-refractivity contribution in [3.05, 3.63) is 106 Å². The van der Waals surface area contributed by atoms with Gasteiger partial charge in [-0.2, -0.15) is 0 Å². The van der Waals surface area contributed by atoms with E-state index in [1.807, 2.05) is 48.2 Å². The van der Waals surface area contributed by atoms with E-state index in [4.69, 9.17) is 0 Å². The first-order valence-electron chi connectivity index (χ1n) is 9.44. The number of hydrogen-bond acceptors (Lipinski definition) is 2. The molecule has 1 aromatic heterocycles. The largest absolute Gasteiger partial charge is 0.333 e. The van der Waals surface area contributed by atoms with E-state index >= 15 is 0 Å². The Labute approximate surface area is 164 Å². The molecule has 3 aromatic rings. The summed E-state index contributed by atoms with van der Waals surface area (Å²) in [6.45, 7) is 3.22. The average Bonchev–Trinajstić information content (AvgIpc) is 2.73. The number of nitrogens with zero attached hydrogens (tertiary/aromatic N) is 2. The molecule has 1 amide bonds. The molecule has 0 saturated heterocycles. The molecule has 28 heavy (non-hydrogen) atoms. The number of carbonyl (C=O) groups is 1. The zero-order valence-corrected chi connectivity index (χ0v) is 15.8. The second-order valence-corrected chi connectivity index (χ2v) is 7.09. The molecule has 2 heterocycles. The summed E-state index contributed by atoms with van der Waals surface area (Å²) in [6.07, 6.45) is 4.27. The highest BCUT2D eigenvalue weighted by Crippen LogP contribution is 2.22. The van der Waals surface area contributed by atoms with Crippen molar-refractivity contribution < 1.29 is 4.79 Å². The molecule has 0 unspecified atom stereocenters. The maximum Gasteiger partial charge on any atom is 0.271 e. The summed E-state index contributed by atoms with van der Waals surface area (Å²) in [5.74, 6) is -0.136. The van der Waals surface area contributed by atoms with Crippen LogP contribution in [-0.4, -0.2) is 21.9 Å². The summed E-state index contributed by atoms with van der Waals surface area (Å²) in [7, 11) is 0. The van der Waals surface area contributed by atoms with Crippen molar-refractivity contribution in [3.8, 4) is 0 Å². The van der Waals surface area contributed by atoms with E-state index in [9.17, 15) is 9.59 Å². The van der Waals surface area contributed by atoms with Gasteiger partial charge in [0.05, 0.1) is 0 Å². The smallest absolute Gasteiger partial charge is 0.271 e. The van der Waals surface area contributed by atoms with E-state index in [0.29, 0.717) is 18.8 Å². The number of fused-ring (bicyclic) bond motifs is 1. The van der Waals surface area contributed by atoms with E-state index in [1.165, 1.54) is 16.2 Å². The number of aryl methyl sites for hydroxylation is 1. The second-order valence-electron chi connectivity index (χ2n) is 7.09. The molecule has 0 saturated carbocycles. The van der Waals surface area contributed by atoms with Gasteiger partial charge in [0, 0.05) is 25.4 Å². The lowest BCUT2D eigenvalue weighted by Gasteiger charge is -2.30. The lowest BCUT2D eigenvalue weighted by atomic mass is 9.99. The van der Waals surface area contributed by atoms with Crippen LogP contribution < -0.4 is 5.56 Å². The topological polar surface area (TPSA) is 42.3 Å². The van der Waals surface area contributed by atoms with E-state index < -0.39 is 0 Å². The van der Waals surface area contributed by atoms with Gasteiger partial charge in [0.1, 0.15) is 5.70 Å². The Hall–Kier alpha value is -3.40. The van der Waals surface area contributed by atoms with Crippen LogP contribution in [0.15, 0.2) is 77.7 Å². The molecule has 0 radical (unpaired) electrons. The third kappa shape index (κ3) is 3.67. The van der Waals surface area contributed by atoms with Crippen LogP contribution in [0, 0.1) is 6.92 Å². The standard InChI is InChI=1S/C24H22N2O2/c1-18-9-11-19(12-10-18)16-22(26-14-5-4-8-23(26)27)24(28)25-15-13-20-6-2-3-7-21(20)17-25/h2-12,14,16H,13,15,17H2,1H3/b22-16+. The van der Waals surface area contributed by atoms with Gasteiger partial charge in [-0.1, -0.05) is 60.2 Å². The lowest BCUT2D eigenvalue weighted by Crippen LogP contribution is -2.38. The quantitative estimate of drug-likeness (QED) is 0.659. The van der Waals surface area contributed by atoms with Gasteiger partial charge in [-0.05, 0) is 42.2 Å². The normalized spacial score (nSPS) is 13.9. The van der Waals surface area contributed by atoms with Crippen LogP contribution >= 0.6 is 0 Å². The van der Waals surface area contributed by atoms with Gasteiger partial charge in [0.2, 0.25) is 0 Å². The molecule has 1 aliphatic rings. The van der Waals surface area contributed by atoms with Crippen LogP contribution in [0.5, 0.6) is 0 Å². The number of carbonyl (C=O) groups excluding carboxylic acids is 1. The molecular weight excluding hydrogens is 348 g/mol. The van der Waals surface area contributed by atoms with Crippen molar-refractivity contribution in [2.24, 2.45) is 0 Å². The Balaban J connectivity index is 1.73. The molecule has 4 rings (SSSR count). The predicted molar refractivity (Wildman–Crippen MR) is 112 cm³/mol. The van der Waals surface area contributed by atoms with Crippen LogP contribution in [0.3, 0.4) is 0 Å². The number of hydrogen-bond donors (Lipinski definition) is 0. The Kier molecular flexibility index (Phi) is 4.94. The minimum Gasteiger partial charge on any atom is -0.333 e. The van der Waals surface area contributed by atoms with Crippen molar-refractivity contribution in [1.29, 1.82) is 0 Å². The van der Waals surface area contributed by atoms with Crippen molar-refractivity contribution in [1.82, 2.24) is 9.47 Å². The first-order valence-corrected chi connectivity index (χ1v) is 9.44. The minimum atomic E-state index is -0.216. The maximum absolute atomic E-state index is 13.4. The van der Waals surface area contributed by atoms with Crippen LogP contribution in [0.4, 0.5) is 0 Å². The molecule has 4 heteroatoms. The van der Waals surface area contributed by atoms with Gasteiger partial charge >= 0.3 is 0 Å². The van der Waals surface area contributed by atoms with Crippen molar-refractivity contribution >= 4 is 17.7 Å². The van der Waals surface area contributed by atoms with Gasteiger partial charge in [-0.25, -0.2) is 0 Å². The summed E-state index contributed by atoms with van der Waals surface area (Å²) in [6, 6.07) is 21.0. The Morgan fingerprint density at radius 2 is 1.64 bits per heavy atom. The Morgan fingerprint density at radius 1 is 0.929 bits per heavy atom. The number of pyridine rings is 1. The molecule has 0 N–H and O–H groups in total. The van der Waals surface area contributed by atoms with Gasteiger partial charge < -0.3 is 4.90 Å². The first kappa shape index (κ1) is 18.0. The fraction of sp³-hybridized carbons (Fsp3) is 0.167. The van der Waals surface area contributed by atoms with Crippen LogP contribution in [0.25, 0.3) is 11.8 Å². The van der Waals surface area contributed by atoms with Crippen molar-refractivity contribution in [2.45, 2.75) is 19.9 Å². The van der Waals surface area contributed by atoms with E-state index in [0.717, 1.165) is 23.1 Å². The molecule has 2 aromatic carbocycles. The van der Waals surface area contributed by atoms with E-state index in [2.05, 4.69) is 12.1 Å². The SMILES string of the molecule is Cc1ccc(/C=C(\C(=O)N2CCc3ccccc3C2)n2ccccc2=O)cc1. The summed E-state index contributed by atoms with van der Waals surface area (Å²) in [5.41, 5.74) is 4.64. The molecule has 0 aliphatic carbocycles. The van der Waals surface area contributed by atoms with Crippen LogP contribution in [0.1, 0.15) is 22.3 Å². The molecule has 0 atom stereocenters. The van der Waals surface area contributed by atoms with Gasteiger partial charge in [0.15, 0.2) is 0 Å². The zero-order valence-electron chi connectivity index (χ0n) is 15.8. The highest BCUT2D eigenvalue weighted by Gasteiger charge is 2.24. The van der Waals surface area contributed by atoms with Gasteiger partial charge in [0.25, 0.3) is 11.5 Å². The average molecular weight is 370 g/mol. The molecule has 0 bridgehead atoms. The Bertz CT molecular complexity index is 1090. The minimum absolute atomic E-state index is 0.136. The third-order valence-corrected chi connectivity index (χ3v) is 5.10. The fourth-order valence-corrected chi connectivity index (χ4v) is 3.51. The third-order valence-electron chi connectivity index (χ3n) is 5.10. The first-order chi connectivity index (χ1) is 13.6. The number of aromatic nitrogens is 1. The lowest BCUT2D eigenvalue weighted by molar-refractivity contribution is -0.126. The number of rotatable bonds is 3. The monoisotopic (exact) mass is 370 g/mol. The summed E-state index contributed by atoms with van der Waals surface area (Å²) in [4.78, 5) is 27.7. The van der Waals surface area contributed by atoms with E-state index in [-0.39, 0.29) is 11.5 Å². The molecule has 4 nitrogen and oxygen atoms in total. The van der Waals surface area contributed by atoms with Crippen LogP contribution in [0.2, 0.25) is 0 Å². The molecule has 140 valence electrons. The fourth-order valence-electron chi connectivity index (χ4n) is 3.51. The van der Waals surface area contributed by atoms with E-state index in [1.54, 1.807) is 24.4 Å². The van der Waals surface area contributed by atoms with Crippen molar-refractivity contribution in [2.75, 3.05) is 6.54 Å². The van der Waals surface area contributed by atoms with Gasteiger partial charge in [-0.3, -0.25) is 14.2 Å². The zero-order chi connectivity index (χ0) is 19.5. The summed E-state index contributed by atoms with van der Waals surface area (Å²) < 4.78 is 1.43. The highest BCUT2D eigenvalue weighted by atomic mass is 16.2. The second kappa shape index (κ2) is 7.69. The molecular formula is C24H22N2O2.